The zero-order valence-electron chi connectivity index (χ0n) is 11.2. The van der Waals surface area contributed by atoms with Crippen LogP contribution >= 0.6 is 0 Å². The molecule has 4 nitrogen and oxygen atoms in total. The van der Waals surface area contributed by atoms with Gasteiger partial charge >= 0.3 is 0 Å². The maximum atomic E-state index is 5.35. The van der Waals surface area contributed by atoms with E-state index in [9.17, 15) is 0 Å². The molecule has 1 aromatic rings. The summed E-state index contributed by atoms with van der Waals surface area (Å²) in [6, 6.07) is 5.99. The highest BCUT2D eigenvalue weighted by Gasteiger charge is 2.22. The number of allylic oxidation sites excluding steroid dienone is 2. The molecule has 19 heavy (non-hydrogen) atoms. The Kier molecular flexibility index (Phi) is 3.17. The summed E-state index contributed by atoms with van der Waals surface area (Å²) < 4.78 is 10.6. The second-order valence-corrected chi connectivity index (χ2v) is 4.69. The molecule has 1 saturated heterocycles. The summed E-state index contributed by atoms with van der Waals surface area (Å²) in [5, 5.41) is 6.78. The van der Waals surface area contributed by atoms with Crippen LogP contribution in [0, 0.1) is 0 Å². The lowest BCUT2D eigenvalue weighted by Gasteiger charge is -2.20. The topological polar surface area (TPSA) is 42.5 Å². The Morgan fingerprint density at radius 1 is 1.16 bits per heavy atom. The molecule has 1 fully saturated rings. The van der Waals surface area contributed by atoms with Crippen molar-refractivity contribution in [3.8, 4) is 11.5 Å². The van der Waals surface area contributed by atoms with Crippen LogP contribution < -0.4 is 20.1 Å². The second-order valence-electron chi connectivity index (χ2n) is 4.69. The van der Waals surface area contributed by atoms with E-state index in [1.807, 2.05) is 18.3 Å². The Bertz CT molecular complexity index is 549. The summed E-state index contributed by atoms with van der Waals surface area (Å²) in [5.41, 5.74) is 3.71. The minimum atomic E-state index is 0.309. The van der Waals surface area contributed by atoms with E-state index in [1.54, 1.807) is 14.2 Å². The van der Waals surface area contributed by atoms with Gasteiger partial charge in [-0.2, -0.15) is 0 Å². The van der Waals surface area contributed by atoms with Crippen LogP contribution in [0.4, 0.5) is 0 Å². The van der Waals surface area contributed by atoms with Gasteiger partial charge in [0.25, 0.3) is 0 Å². The quantitative estimate of drug-likeness (QED) is 0.869. The van der Waals surface area contributed by atoms with E-state index in [1.165, 1.54) is 11.1 Å². The fourth-order valence-corrected chi connectivity index (χ4v) is 2.55. The van der Waals surface area contributed by atoms with Gasteiger partial charge in [-0.3, -0.25) is 5.32 Å². The van der Waals surface area contributed by atoms with Gasteiger partial charge in [0, 0.05) is 12.7 Å². The predicted octanol–water partition coefficient (Wildman–Crippen LogP) is 1.89. The third kappa shape index (κ3) is 2.19. The lowest BCUT2D eigenvalue weighted by atomic mass is 9.99. The predicted molar refractivity (Wildman–Crippen MR) is 75.1 cm³/mol. The van der Waals surface area contributed by atoms with Crippen molar-refractivity contribution in [2.24, 2.45) is 0 Å². The van der Waals surface area contributed by atoms with E-state index < -0.39 is 0 Å². The van der Waals surface area contributed by atoms with Crippen molar-refractivity contribution in [3.63, 3.8) is 0 Å². The van der Waals surface area contributed by atoms with E-state index in [0.29, 0.717) is 6.17 Å². The smallest absolute Gasteiger partial charge is 0.161 e. The van der Waals surface area contributed by atoms with E-state index in [0.717, 1.165) is 30.0 Å². The number of nitrogens with one attached hydrogen (secondary N) is 2. The van der Waals surface area contributed by atoms with Gasteiger partial charge in [0.1, 0.15) is 0 Å². The summed E-state index contributed by atoms with van der Waals surface area (Å²) in [6.45, 7) is 1.04. The third-order valence-electron chi connectivity index (χ3n) is 3.60. The van der Waals surface area contributed by atoms with Crippen molar-refractivity contribution < 1.29 is 9.47 Å². The van der Waals surface area contributed by atoms with E-state index in [-0.39, 0.29) is 0 Å². The lowest BCUT2D eigenvalue weighted by Crippen LogP contribution is -2.36. The first-order chi connectivity index (χ1) is 9.31. The van der Waals surface area contributed by atoms with Crippen LogP contribution in [-0.4, -0.2) is 26.9 Å². The first kappa shape index (κ1) is 12.1. The van der Waals surface area contributed by atoms with Crippen LogP contribution in [0.25, 0.3) is 5.57 Å². The summed E-state index contributed by atoms with van der Waals surface area (Å²) >= 11 is 0. The van der Waals surface area contributed by atoms with Crippen molar-refractivity contribution in [3.05, 3.63) is 41.6 Å². The molecule has 2 heterocycles. The minimum absolute atomic E-state index is 0.309. The molecule has 2 N–H and O–H groups in total. The van der Waals surface area contributed by atoms with Gasteiger partial charge in [0.2, 0.25) is 0 Å². The number of hydrogen-bond acceptors (Lipinski definition) is 4. The summed E-state index contributed by atoms with van der Waals surface area (Å²) in [5.74, 6) is 1.51. The number of ether oxygens (including phenoxy) is 2. The molecule has 0 saturated carbocycles. The Hall–Kier alpha value is -1.94. The molecule has 2 aliphatic rings. The second kappa shape index (κ2) is 4.97. The molecule has 0 spiro atoms. The molecular weight excluding hydrogens is 240 g/mol. The number of dihydropyridines is 1. The van der Waals surface area contributed by atoms with Crippen LogP contribution in [0.3, 0.4) is 0 Å². The summed E-state index contributed by atoms with van der Waals surface area (Å²) in [6.07, 6.45) is 5.71. The van der Waals surface area contributed by atoms with Gasteiger partial charge in [0.15, 0.2) is 11.5 Å². The number of rotatable bonds is 3. The summed E-state index contributed by atoms with van der Waals surface area (Å²) in [7, 11) is 3.31. The average molecular weight is 258 g/mol. The van der Waals surface area contributed by atoms with Gasteiger partial charge in [-0.05, 0) is 35.3 Å². The van der Waals surface area contributed by atoms with Crippen LogP contribution in [0.1, 0.15) is 12.0 Å². The lowest BCUT2D eigenvalue weighted by molar-refractivity contribution is 0.355. The van der Waals surface area contributed by atoms with Crippen LogP contribution in [0.15, 0.2) is 36.0 Å². The van der Waals surface area contributed by atoms with Gasteiger partial charge < -0.3 is 14.8 Å². The Labute approximate surface area is 113 Å². The molecule has 2 aliphatic heterocycles. The normalized spacial score (nSPS) is 21.1. The zero-order valence-corrected chi connectivity index (χ0v) is 11.2. The summed E-state index contributed by atoms with van der Waals surface area (Å²) in [4.78, 5) is 0. The monoisotopic (exact) mass is 258 g/mol. The average Bonchev–Trinajstić information content (AvgIpc) is 2.93. The number of benzene rings is 1. The molecule has 1 atom stereocenters. The minimum Gasteiger partial charge on any atom is -0.493 e. The molecule has 0 radical (unpaired) electrons. The molecule has 0 amide bonds. The molecule has 4 heteroatoms. The fourth-order valence-electron chi connectivity index (χ4n) is 2.55. The first-order valence-electron chi connectivity index (χ1n) is 6.44. The molecule has 0 aliphatic carbocycles. The van der Waals surface area contributed by atoms with Gasteiger partial charge in [-0.15, -0.1) is 0 Å². The fraction of sp³-hybridized carbons (Fsp3) is 0.333. The molecule has 0 bridgehead atoms. The van der Waals surface area contributed by atoms with E-state index in [4.69, 9.17) is 9.47 Å². The highest BCUT2D eigenvalue weighted by Crippen LogP contribution is 2.32. The van der Waals surface area contributed by atoms with E-state index >= 15 is 0 Å². The van der Waals surface area contributed by atoms with Crippen molar-refractivity contribution >= 4 is 5.57 Å². The highest BCUT2D eigenvalue weighted by atomic mass is 16.5. The van der Waals surface area contributed by atoms with E-state index in [2.05, 4.69) is 22.8 Å². The van der Waals surface area contributed by atoms with Crippen molar-refractivity contribution in [1.82, 2.24) is 10.6 Å². The van der Waals surface area contributed by atoms with Crippen molar-refractivity contribution in [2.75, 3.05) is 20.8 Å². The van der Waals surface area contributed by atoms with Crippen LogP contribution in [-0.2, 0) is 0 Å². The molecular formula is C15H18N2O2. The van der Waals surface area contributed by atoms with Crippen LogP contribution in [0.5, 0.6) is 11.5 Å². The molecule has 0 aromatic heterocycles. The highest BCUT2D eigenvalue weighted by molar-refractivity contribution is 5.77. The first-order valence-corrected chi connectivity index (χ1v) is 6.44. The zero-order chi connectivity index (χ0) is 13.2. The van der Waals surface area contributed by atoms with Crippen molar-refractivity contribution in [2.45, 2.75) is 12.6 Å². The standard InChI is InChI=1S/C15H18N2O2/c1-18-13-4-3-10(8-14(13)19-2)12-7-11-5-6-16-15(11)17-9-12/h3-4,7-9,15-17H,5-6H2,1-2H3. The van der Waals surface area contributed by atoms with Gasteiger partial charge in [0.05, 0.1) is 20.4 Å². The number of hydrogen-bond donors (Lipinski definition) is 2. The maximum absolute atomic E-state index is 5.35. The Morgan fingerprint density at radius 3 is 2.79 bits per heavy atom. The van der Waals surface area contributed by atoms with Crippen LogP contribution in [0.2, 0.25) is 0 Å². The Balaban J connectivity index is 1.92. The van der Waals surface area contributed by atoms with Crippen molar-refractivity contribution in [1.29, 1.82) is 0 Å². The maximum Gasteiger partial charge on any atom is 0.161 e. The molecule has 3 rings (SSSR count). The van der Waals surface area contributed by atoms with Gasteiger partial charge in [-0.25, -0.2) is 0 Å². The Morgan fingerprint density at radius 2 is 2.00 bits per heavy atom. The number of fused-ring (bicyclic) bond motifs is 1. The number of methoxy groups -OCH3 is 2. The largest absolute Gasteiger partial charge is 0.493 e. The van der Waals surface area contributed by atoms with Gasteiger partial charge in [-0.1, -0.05) is 12.1 Å². The SMILES string of the molecule is COc1ccc(C2=CNC3NCCC3=C2)cc1OC. The third-order valence-corrected chi connectivity index (χ3v) is 3.60. The molecule has 1 unspecified atom stereocenters. The molecule has 100 valence electrons. The molecule has 1 aromatic carbocycles.